The summed E-state index contributed by atoms with van der Waals surface area (Å²) in [6.07, 6.45) is 1.44. The van der Waals surface area contributed by atoms with Crippen molar-refractivity contribution in [3.63, 3.8) is 0 Å². The molecule has 1 aromatic heterocycles. The summed E-state index contributed by atoms with van der Waals surface area (Å²) in [5.74, 6) is -3.08. The number of carbonyl (C=O) groups excluding carboxylic acids is 1. The van der Waals surface area contributed by atoms with E-state index < -0.39 is 17.8 Å². The van der Waals surface area contributed by atoms with Crippen molar-refractivity contribution >= 4 is 45.5 Å². The molecule has 3 aromatic rings. The molecule has 2 aromatic carbocycles. The number of amides is 1. The second-order valence-corrected chi connectivity index (χ2v) is 8.09. The SMILES string of the molecule is Cc1cc(/C=C(/C#N)C(=O)Nc2ccc(Br)cc2)c(C)n1-c1cc(C(=O)O)cc(C(=O)O)c1. The quantitative estimate of drug-likeness (QED) is 0.324. The number of carboxylic acids is 2. The number of aromatic carboxylic acids is 2. The average Bonchev–Trinajstić information content (AvgIpc) is 3.05. The first-order valence-electron chi connectivity index (χ1n) is 9.60. The predicted molar refractivity (Wildman–Crippen MR) is 126 cm³/mol. The molecular formula is C24H18BrN3O5. The van der Waals surface area contributed by atoms with Gasteiger partial charge in [-0.1, -0.05) is 15.9 Å². The van der Waals surface area contributed by atoms with Crippen LogP contribution >= 0.6 is 15.9 Å². The van der Waals surface area contributed by atoms with Crippen LogP contribution in [0, 0.1) is 25.2 Å². The largest absolute Gasteiger partial charge is 0.478 e. The topological polar surface area (TPSA) is 132 Å². The third kappa shape index (κ3) is 5.19. The molecule has 0 fully saturated rings. The van der Waals surface area contributed by atoms with E-state index in [1.807, 2.05) is 6.07 Å². The van der Waals surface area contributed by atoms with Gasteiger partial charge < -0.3 is 20.1 Å². The lowest BCUT2D eigenvalue weighted by Gasteiger charge is -2.12. The van der Waals surface area contributed by atoms with Crippen molar-refractivity contribution < 1.29 is 24.6 Å². The molecule has 3 N–H and O–H groups in total. The molecule has 0 bridgehead atoms. The summed E-state index contributed by atoms with van der Waals surface area (Å²) in [5.41, 5.74) is 2.26. The standard InChI is InChI=1S/C24H18BrN3O5/c1-13-7-15(8-18(12-26)22(29)27-20-5-3-19(25)4-6-20)14(2)28(13)21-10-16(23(30)31)9-17(11-21)24(32)33/h3-11H,1-2H3,(H,27,29)(H,30,31)(H,32,33)/b18-8-. The third-order valence-electron chi connectivity index (χ3n) is 4.91. The maximum atomic E-state index is 12.6. The Kier molecular flexibility index (Phi) is 6.80. The smallest absolute Gasteiger partial charge is 0.335 e. The van der Waals surface area contributed by atoms with E-state index in [1.165, 1.54) is 18.2 Å². The van der Waals surface area contributed by atoms with Crippen LogP contribution in [0.1, 0.15) is 37.7 Å². The van der Waals surface area contributed by atoms with E-state index in [4.69, 9.17) is 0 Å². The van der Waals surface area contributed by atoms with Gasteiger partial charge in [-0.15, -0.1) is 0 Å². The molecule has 0 aliphatic carbocycles. The van der Waals surface area contributed by atoms with E-state index in [1.54, 1.807) is 48.7 Å². The first-order valence-corrected chi connectivity index (χ1v) is 10.4. The van der Waals surface area contributed by atoms with Crippen molar-refractivity contribution in [3.8, 4) is 11.8 Å². The fourth-order valence-corrected chi connectivity index (χ4v) is 3.62. The average molecular weight is 508 g/mol. The number of hydrogen-bond acceptors (Lipinski definition) is 4. The van der Waals surface area contributed by atoms with Crippen molar-refractivity contribution in [1.29, 1.82) is 5.26 Å². The zero-order valence-corrected chi connectivity index (χ0v) is 19.2. The molecule has 33 heavy (non-hydrogen) atoms. The molecule has 0 saturated heterocycles. The van der Waals surface area contributed by atoms with Crippen molar-refractivity contribution in [1.82, 2.24) is 4.57 Å². The number of aromatic nitrogens is 1. The van der Waals surface area contributed by atoms with Crippen molar-refractivity contribution in [2.24, 2.45) is 0 Å². The number of hydrogen-bond donors (Lipinski definition) is 3. The Morgan fingerprint density at radius 3 is 2.09 bits per heavy atom. The molecule has 0 aliphatic heterocycles. The predicted octanol–water partition coefficient (Wildman–Crippen LogP) is 4.80. The minimum atomic E-state index is -1.25. The lowest BCUT2D eigenvalue weighted by Crippen LogP contribution is -2.13. The van der Waals surface area contributed by atoms with E-state index in [9.17, 15) is 29.9 Å². The van der Waals surface area contributed by atoms with Gasteiger partial charge in [-0.25, -0.2) is 9.59 Å². The molecule has 8 nitrogen and oxygen atoms in total. The lowest BCUT2D eigenvalue weighted by molar-refractivity contribution is -0.112. The van der Waals surface area contributed by atoms with Crippen LogP contribution in [-0.4, -0.2) is 32.6 Å². The molecular weight excluding hydrogens is 490 g/mol. The Bertz CT molecular complexity index is 1320. The Morgan fingerprint density at radius 1 is 1.00 bits per heavy atom. The van der Waals surface area contributed by atoms with Gasteiger partial charge in [0.05, 0.1) is 11.1 Å². The van der Waals surface area contributed by atoms with Gasteiger partial charge in [-0.3, -0.25) is 4.79 Å². The van der Waals surface area contributed by atoms with Crippen molar-refractivity contribution in [2.75, 3.05) is 5.32 Å². The van der Waals surface area contributed by atoms with Gasteiger partial charge in [0.25, 0.3) is 5.91 Å². The van der Waals surface area contributed by atoms with Crippen LogP contribution in [0.3, 0.4) is 0 Å². The minimum absolute atomic E-state index is 0.122. The van der Waals surface area contributed by atoms with Gasteiger partial charge >= 0.3 is 11.9 Å². The maximum Gasteiger partial charge on any atom is 0.335 e. The van der Waals surface area contributed by atoms with Gasteiger partial charge in [0.1, 0.15) is 11.6 Å². The van der Waals surface area contributed by atoms with Crippen LogP contribution in [0.5, 0.6) is 0 Å². The van der Waals surface area contributed by atoms with Crippen LogP contribution in [-0.2, 0) is 4.79 Å². The monoisotopic (exact) mass is 507 g/mol. The van der Waals surface area contributed by atoms with Crippen LogP contribution < -0.4 is 5.32 Å². The molecule has 0 radical (unpaired) electrons. The van der Waals surface area contributed by atoms with Crippen LogP contribution in [0.4, 0.5) is 5.69 Å². The lowest BCUT2D eigenvalue weighted by atomic mass is 10.1. The van der Waals surface area contributed by atoms with E-state index in [-0.39, 0.29) is 16.7 Å². The fourth-order valence-electron chi connectivity index (χ4n) is 3.35. The number of anilines is 1. The highest BCUT2D eigenvalue weighted by molar-refractivity contribution is 9.10. The fraction of sp³-hybridized carbons (Fsp3) is 0.0833. The Morgan fingerprint density at radius 2 is 1.58 bits per heavy atom. The van der Waals surface area contributed by atoms with Gasteiger partial charge in [0.15, 0.2) is 0 Å². The number of nitrogens with zero attached hydrogens (tertiary/aromatic N) is 2. The first-order chi connectivity index (χ1) is 15.6. The maximum absolute atomic E-state index is 12.6. The van der Waals surface area contributed by atoms with Crippen molar-refractivity contribution in [3.05, 3.63) is 86.7 Å². The summed E-state index contributed by atoms with van der Waals surface area (Å²) >= 11 is 3.32. The molecule has 1 amide bonds. The number of carbonyl (C=O) groups is 3. The number of aryl methyl sites for hydroxylation is 1. The normalized spacial score (nSPS) is 11.0. The van der Waals surface area contributed by atoms with Gasteiger partial charge in [0.2, 0.25) is 0 Å². The summed E-state index contributed by atoms with van der Waals surface area (Å²) in [6.45, 7) is 3.49. The highest BCUT2D eigenvalue weighted by Gasteiger charge is 2.17. The van der Waals surface area contributed by atoms with Crippen molar-refractivity contribution in [2.45, 2.75) is 13.8 Å². The summed E-state index contributed by atoms with van der Waals surface area (Å²) in [5, 5.41) is 30.9. The molecule has 1 heterocycles. The zero-order valence-electron chi connectivity index (χ0n) is 17.6. The number of benzene rings is 2. The molecule has 9 heteroatoms. The number of nitriles is 1. The van der Waals surface area contributed by atoms with E-state index >= 15 is 0 Å². The number of nitrogens with one attached hydrogen (secondary N) is 1. The van der Waals surface area contributed by atoms with E-state index in [2.05, 4.69) is 21.2 Å². The molecule has 0 aliphatic rings. The highest BCUT2D eigenvalue weighted by atomic mass is 79.9. The number of carboxylic acid groups (broad SMARTS) is 2. The van der Waals surface area contributed by atoms with Crippen LogP contribution in [0.2, 0.25) is 0 Å². The second-order valence-electron chi connectivity index (χ2n) is 7.17. The van der Waals surface area contributed by atoms with Crippen LogP contribution in [0.25, 0.3) is 11.8 Å². The minimum Gasteiger partial charge on any atom is -0.478 e. The summed E-state index contributed by atoms with van der Waals surface area (Å²) in [6, 6.07) is 14.4. The first kappa shape index (κ1) is 23.5. The Hall–Kier alpha value is -4.16. The van der Waals surface area contributed by atoms with Gasteiger partial charge in [-0.2, -0.15) is 5.26 Å². The van der Waals surface area contributed by atoms with Gasteiger partial charge in [0, 0.05) is 27.2 Å². The molecule has 3 rings (SSSR count). The number of halogens is 1. The highest BCUT2D eigenvalue weighted by Crippen LogP contribution is 2.25. The molecule has 0 saturated carbocycles. The summed E-state index contributed by atoms with van der Waals surface area (Å²) in [7, 11) is 0. The van der Waals surface area contributed by atoms with E-state index in [0.29, 0.717) is 28.3 Å². The zero-order chi connectivity index (χ0) is 24.3. The summed E-state index contributed by atoms with van der Waals surface area (Å²) in [4.78, 5) is 35.5. The molecule has 0 unspecified atom stereocenters. The second kappa shape index (κ2) is 9.54. The van der Waals surface area contributed by atoms with Crippen LogP contribution in [0.15, 0.2) is 58.6 Å². The molecule has 166 valence electrons. The molecule has 0 atom stereocenters. The summed E-state index contributed by atoms with van der Waals surface area (Å²) < 4.78 is 2.52. The third-order valence-corrected chi connectivity index (χ3v) is 5.44. The Balaban J connectivity index is 2.02. The Labute approximate surface area is 197 Å². The number of rotatable bonds is 6. The van der Waals surface area contributed by atoms with Gasteiger partial charge in [-0.05, 0) is 74.0 Å². The molecule has 0 spiro atoms. The van der Waals surface area contributed by atoms with E-state index in [0.717, 1.165) is 10.5 Å².